The Morgan fingerprint density at radius 2 is 1.80 bits per heavy atom. The third kappa shape index (κ3) is 3.71. The van der Waals surface area contributed by atoms with E-state index in [4.69, 9.17) is 0 Å². The highest BCUT2D eigenvalue weighted by Crippen LogP contribution is 2.21. The molecule has 0 aliphatic carbocycles. The van der Waals surface area contributed by atoms with Gasteiger partial charge in [-0.25, -0.2) is 8.78 Å². The van der Waals surface area contributed by atoms with Gasteiger partial charge >= 0.3 is 0 Å². The fraction of sp³-hybridized carbons (Fsp3) is 0.167. The number of hydrogen-bond donors (Lipinski definition) is 1. The lowest BCUT2D eigenvalue weighted by Gasteiger charge is -2.18. The average Bonchev–Trinajstić information content (AvgIpc) is 3.15. The molecule has 0 spiro atoms. The summed E-state index contributed by atoms with van der Waals surface area (Å²) in [6.07, 6.45) is 3.59. The maximum absolute atomic E-state index is 13.9. The number of amides is 1. The molecule has 0 saturated heterocycles. The third-order valence-electron chi connectivity index (χ3n) is 3.90. The summed E-state index contributed by atoms with van der Waals surface area (Å²) in [5, 5.41) is 10.2. The Balaban J connectivity index is 1.76. The van der Waals surface area contributed by atoms with Crippen LogP contribution in [0.5, 0.6) is 0 Å². The first-order valence-electron chi connectivity index (χ1n) is 7.79. The first-order valence-corrected chi connectivity index (χ1v) is 7.79. The summed E-state index contributed by atoms with van der Waals surface area (Å²) >= 11 is 0. The van der Waals surface area contributed by atoms with Crippen LogP contribution >= 0.6 is 0 Å². The van der Waals surface area contributed by atoms with Gasteiger partial charge in [-0.3, -0.25) is 9.36 Å². The van der Waals surface area contributed by atoms with E-state index in [1.54, 1.807) is 41.5 Å². The molecule has 1 N–H and O–H groups in total. The van der Waals surface area contributed by atoms with E-state index in [0.717, 1.165) is 11.8 Å². The number of nitrogens with zero attached hydrogens (tertiary/aromatic N) is 3. The highest BCUT2D eigenvalue weighted by Gasteiger charge is 2.18. The predicted octanol–water partition coefficient (Wildman–Crippen LogP) is 3.43. The highest BCUT2D eigenvalue weighted by molar-refractivity contribution is 5.94. The Hall–Kier alpha value is -3.09. The van der Waals surface area contributed by atoms with Gasteiger partial charge in [0.15, 0.2) is 0 Å². The molecule has 5 nitrogen and oxygen atoms in total. The Kier molecular flexibility index (Phi) is 4.83. The van der Waals surface area contributed by atoms with Crippen molar-refractivity contribution in [2.75, 3.05) is 0 Å². The molecule has 7 heteroatoms. The van der Waals surface area contributed by atoms with E-state index in [1.807, 2.05) is 6.92 Å². The van der Waals surface area contributed by atoms with Crippen molar-refractivity contribution in [2.24, 2.45) is 0 Å². The van der Waals surface area contributed by atoms with E-state index in [9.17, 15) is 13.6 Å². The van der Waals surface area contributed by atoms with Crippen molar-refractivity contribution in [3.05, 3.63) is 77.9 Å². The van der Waals surface area contributed by atoms with Crippen molar-refractivity contribution in [3.8, 4) is 5.69 Å². The monoisotopic (exact) mass is 342 g/mol. The van der Waals surface area contributed by atoms with Crippen LogP contribution in [0.1, 0.15) is 35.3 Å². The molecule has 1 atom stereocenters. The van der Waals surface area contributed by atoms with Crippen LogP contribution in [-0.2, 0) is 0 Å². The summed E-state index contributed by atoms with van der Waals surface area (Å²) in [7, 11) is 0. The molecule has 0 aliphatic heterocycles. The molecule has 3 rings (SSSR count). The minimum Gasteiger partial charge on any atom is -0.345 e. The molecule has 0 bridgehead atoms. The van der Waals surface area contributed by atoms with Gasteiger partial charge in [0.05, 0.1) is 6.04 Å². The molecule has 0 aliphatic rings. The second-order valence-corrected chi connectivity index (χ2v) is 5.52. The molecular formula is C18H16F2N4O. The van der Waals surface area contributed by atoms with Crippen LogP contribution in [0.25, 0.3) is 5.69 Å². The summed E-state index contributed by atoms with van der Waals surface area (Å²) in [6.45, 7) is 1.82. The second-order valence-electron chi connectivity index (χ2n) is 5.52. The number of nitrogens with one attached hydrogen (secondary N) is 1. The maximum Gasteiger partial charge on any atom is 0.251 e. The fourth-order valence-corrected chi connectivity index (χ4v) is 2.54. The molecule has 0 radical (unpaired) electrons. The molecule has 0 fully saturated rings. The van der Waals surface area contributed by atoms with Gasteiger partial charge < -0.3 is 5.32 Å². The van der Waals surface area contributed by atoms with Gasteiger partial charge in [0, 0.05) is 22.9 Å². The van der Waals surface area contributed by atoms with Gasteiger partial charge in [0.1, 0.15) is 24.3 Å². The molecule has 2 aromatic carbocycles. The zero-order valence-corrected chi connectivity index (χ0v) is 13.5. The topological polar surface area (TPSA) is 59.8 Å². The fourth-order valence-electron chi connectivity index (χ4n) is 2.54. The lowest BCUT2D eigenvalue weighted by Crippen LogP contribution is -2.28. The summed E-state index contributed by atoms with van der Waals surface area (Å²) in [6, 6.07) is 9.67. The standard InChI is InChI=1S/C18H16F2N4O/c1-2-17(15-8-5-13(19)9-16(15)20)23-18(25)12-3-6-14(7-4-12)24-10-21-22-11-24/h3-11,17H,2H2,1H3,(H,23,25). The highest BCUT2D eigenvalue weighted by atomic mass is 19.1. The van der Waals surface area contributed by atoms with Crippen LogP contribution in [0.4, 0.5) is 8.78 Å². The van der Waals surface area contributed by atoms with Crippen LogP contribution < -0.4 is 5.32 Å². The van der Waals surface area contributed by atoms with E-state index in [-0.39, 0.29) is 11.5 Å². The van der Waals surface area contributed by atoms with Gasteiger partial charge in [0.2, 0.25) is 0 Å². The van der Waals surface area contributed by atoms with Crippen molar-refractivity contribution in [1.29, 1.82) is 0 Å². The number of aromatic nitrogens is 3. The first kappa shape index (κ1) is 16.8. The summed E-state index contributed by atoms with van der Waals surface area (Å²) in [4.78, 5) is 12.4. The van der Waals surface area contributed by atoms with Crippen molar-refractivity contribution in [2.45, 2.75) is 19.4 Å². The quantitative estimate of drug-likeness (QED) is 0.773. The number of halogens is 2. The molecule has 1 aromatic heterocycles. The van der Waals surface area contributed by atoms with Crippen LogP contribution in [-0.4, -0.2) is 20.7 Å². The summed E-state index contributed by atoms with van der Waals surface area (Å²) in [5.74, 6) is -1.65. The summed E-state index contributed by atoms with van der Waals surface area (Å²) in [5.41, 5.74) is 1.52. The Morgan fingerprint density at radius 1 is 1.12 bits per heavy atom. The van der Waals surface area contributed by atoms with E-state index < -0.39 is 17.7 Å². The minimum absolute atomic E-state index is 0.262. The van der Waals surface area contributed by atoms with Crippen LogP contribution in [0.2, 0.25) is 0 Å². The van der Waals surface area contributed by atoms with Gasteiger partial charge in [-0.2, -0.15) is 0 Å². The normalized spacial score (nSPS) is 12.0. The average molecular weight is 342 g/mol. The molecule has 0 saturated carbocycles. The van der Waals surface area contributed by atoms with Crippen molar-refractivity contribution >= 4 is 5.91 Å². The lowest BCUT2D eigenvalue weighted by atomic mass is 10.0. The zero-order chi connectivity index (χ0) is 17.8. The van der Waals surface area contributed by atoms with Crippen LogP contribution in [0.3, 0.4) is 0 Å². The van der Waals surface area contributed by atoms with Gasteiger partial charge in [0.25, 0.3) is 5.91 Å². The number of hydrogen-bond acceptors (Lipinski definition) is 3. The number of carbonyl (C=O) groups excluding carboxylic acids is 1. The third-order valence-corrected chi connectivity index (χ3v) is 3.90. The maximum atomic E-state index is 13.9. The van der Waals surface area contributed by atoms with Crippen LogP contribution in [0.15, 0.2) is 55.1 Å². The van der Waals surface area contributed by atoms with Crippen molar-refractivity contribution < 1.29 is 13.6 Å². The van der Waals surface area contributed by atoms with E-state index in [0.29, 0.717) is 12.0 Å². The van der Waals surface area contributed by atoms with E-state index in [2.05, 4.69) is 15.5 Å². The Bertz CT molecular complexity index is 863. The number of carbonyl (C=O) groups is 1. The van der Waals surface area contributed by atoms with Gasteiger partial charge in [-0.1, -0.05) is 13.0 Å². The minimum atomic E-state index is -0.671. The SMILES string of the molecule is CCC(NC(=O)c1ccc(-n2cnnc2)cc1)c1ccc(F)cc1F. The molecule has 1 amide bonds. The van der Waals surface area contributed by atoms with E-state index >= 15 is 0 Å². The number of benzene rings is 2. The molecule has 3 aromatic rings. The molecule has 128 valence electrons. The zero-order valence-electron chi connectivity index (χ0n) is 13.5. The summed E-state index contributed by atoms with van der Waals surface area (Å²) < 4.78 is 28.7. The number of rotatable bonds is 5. The van der Waals surface area contributed by atoms with Gasteiger partial charge in [-0.05, 0) is 36.8 Å². The van der Waals surface area contributed by atoms with Crippen molar-refractivity contribution in [3.63, 3.8) is 0 Å². The lowest BCUT2D eigenvalue weighted by molar-refractivity contribution is 0.0935. The predicted molar refractivity (Wildman–Crippen MR) is 88.2 cm³/mol. The van der Waals surface area contributed by atoms with Crippen LogP contribution in [0, 0.1) is 11.6 Å². The second kappa shape index (κ2) is 7.21. The Morgan fingerprint density at radius 3 is 2.40 bits per heavy atom. The molecule has 1 heterocycles. The molecule has 1 unspecified atom stereocenters. The first-order chi connectivity index (χ1) is 12.1. The van der Waals surface area contributed by atoms with Crippen molar-refractivity contribution in [1.82, 2.24) is 20.1 Å². The molecule has 25 heavy (non-hydrogen) atoms. The Labute approximate surface area is 143 Å². The largest absolute Gasteiger partial charge is 0.345 e. The van der Waals surface area contributed by atoms with Gasteiger partial charge in [-0.15, -0.1) is 10.2 Å². The van der Waals surface area contributed by atoms with E-state index in [1.165, 1.54) is 12.1 Å². The molecular weight excluding hydrogens is 326 g/mol. The smallest absolute Gasteiger partial charge is 0.251 e.